The number of nitrogens with two attached hydrogens (primary N) is 1. The van der Waals surface area contributed by atoms with E-state index in [1.807, 2.05) is 24.3 Å². The Morgan fingerprint density at radius 2 is 1.78 bits per heavy atom. The fraction of sp³-hybridized carbons (Fsp3) is 0.0714. The molecule has 4 heteroatoms. The summed E-state index contributed by atoms with van der Waals surface area (Å²) in [6.45, 7) is 0. The molecule has 0 saturated heterocycles. The van der Waals surface area contributed by atoms with E-state index in [1.165, 1.54) is 0 Å². The molecule has 0 unspecified atom stereocenters. The zero-order valence-electron chi connectivity index (χ0n) is 9.69. The normalized spacial score (nSPS) is 10.1. The molecule has 0 aliphatic rings. The molecule has 18 heavy (non-hydrogen) atoms. The molecule has 2 rings (SSSR count). The number of halogens is 1. The van der Waals surface area contributed by atoms with E-state index in [0.29, 0.717) is 22.8 Å². The van der Waals surface area contributed by atoms with Gasteiger partial charge in [-0.15, -0.1) is 0 Å². The second kappa shape index (κ2) is 5.56. The summed E-state index contributed by atoms with van der Waals surface area (Å²) >= 11 is 5.78. The predicted molar refractivity (Wildman–Crippen MR) is 74.6 cm³/mol. The van der Waals surface area contributed by atoms with Gasteiger partial charge in [-0.2, -0.15) is 0 Å². The number of para-hydroxylation sites is 2. The summed E-state index contributed by atoms with van der Waals surface area (Å²) in [7, 11) is 0. The number of anilines is 2. The van der Waals surface area contributed by atoms with Crippen molar-refractivity contribution in [2.45, 2.75) is 6.42 Å². The van der Waals surface area contributed by atoms with Crippen LogP contribution in [-0.4, -0.2) is 5.91 Å². The molecular weight excluding hydrogens is 248 g/mol. The van der Waals surface area contributed by atoms with Gasteiger partial charge >= 0.3 is 0 Å². The lowest BCUT2D eigenvalue weighted by molar-refractivity contribution is -0.115. The summed E-state index contributed by atoms with van der Waals surface area (Å²) in [6.07, 6.45) is 0.297. The van der Waals surface area contributed by atoms with Crippen molar-refractivity contribution in [1.82, 2.24) is 0 Å². The highest BCUT2D eigenvalue weighted by Crippen LogP contribution is 2.17. The van der Waals surface area contributed by atoms with Crippen LogP contribution in [0.5, 0.6) is 0 Å². The van der Waals surface area contributed by atoms with Crippen LogP contribution in [0.3, 0.4) is 0 Å². The van der Waals surface area contributed by atoms with Crippen molar-refractivity contribution in [1.29, 1.82) is 0 Å². The van der Waals surface area contributed by atoms with Crippen LogP contribution in [0.25, 0.3) is 0 Å². The largest absolute Gasteiger partial charge is 0.397 e. The van der Waals surface area contributed by atoms with Crippen LogP contribution in [0.2, 0.25) is 5.02 Å². The van der Waals surface area contributed by atoms with Gasteiger partial charge in [-0.25, -0.2) is 0 Å². The Morgan fingerprint density at radius 3 is 2.44 bits per heavy atom. The molecule has 3 N–H and O–H groups in total. The molecular formula is C14H13ClN2O. The van der Waals surface area contributed by atoms with Crippen molar-refractivity contribution in [2.75, 3.05) is 11.1 Å². The second-order valence-corrected chi connectivity index (χ2v) is 4.38. The molecule has 0 saturated carbocycles. The summed E-state index contributed by atoms with van der Waals surface area (Å²) in [5, 5.41) is 3.44. The Balaban J connectivity index is 2.01. The van der Waals surface area contributed by atoms with Gasteiger partial charge in [0.05, 0.1) is 17.8 Å². The first-order chi connectivity index (χ1) is 8.65. The Kier molecular flexibility index (Phi) is 3.85. The van der Waals surface area contributed by atoms with Crippen LogP contribution in [0.1, 0.15) is 5.56 Å². The van der Waals surface area contributed by atoms with E-state index in [2.05, 4.69) is 5.32 Å². The number of hydrogen-bond acceptors (Lipinski definition) is 2. The quantitative estimate of drug-likeness (QED) is 0.833. The maximum atomic E-state index is 11.8. The minimum absolute atomic E-state index is 0.102. The molecule has 0 heterocycles. The molecule has 0 spiro atoms. The summed E-state index contributed by atoms with van der Waals surface area (Å²) in [4.78, 5) is 11.8. The Hall–Kier alpha value is -2.00. The third-order valence-corrected chi connectivity index (χ3v) is 2.76. The van der Waals surface area contributed by atoms with Gasteiger partial charge in [-0.05, 0) is 29.8 Å². The van der Waals surface area contributed by atoms with Gasteiger partial charge in [-0.1, -0.05) is 35.9 Å². The fourth-order valence-corrected chi connectivity index (χ4v) is 1.72. The smallest absolute Gasteiger partial charge is 0.228 e. The number of carbonyl (C=O) groups excluding carboxylic acids is 1. The summed E-state index contributed by atoms with van der Waals surface area (Å²) < 4.78 is 0. The highest BCUT2D eigenvalue weighted by atomic mass is 35.5. The number of carbonyl (C=O) groups is 1. The van der Waals surface area contributed by atoms with Crippen LogP contribution in [0.4, 0.5) is 11.4 Å². The standard InChI is InChI=1S/C14H13ClN2O/c15-11-7-5-10(6-8-11)9-14(18)17-13-4-2-1-3-12(13)16/h1-8H,9,16H2,(H,17,18). The minimum Gasteiger partial charge on any atom is -0.397 e. The van der Waals surface area contributed by atoms with Crippen molar-refractivity contribution in [3.05, 3.63) is 59.1 Å². The van der Waals surface area contributed by atoms with Crippen LogP contribution in [0.15, 0.2) is 48.5 Å². The van der Waals surface area contributed by atoms with Crippen molar-refractivity contribution in [2.24, 2.45) is 0 Å². The average molecular weight is 261 g/mol. The molecule has 0 radical (unpaired) electrons. The Labute approximate surface area is 111 Å². The van der Waals surface area contributed by atoms with Gasteiger partial charge in [0.15, 0.2) is 0 Å². The van der Waals surface area contributed by atoms with Crippen molar-refractivity contribution in [3.8, 4) is 0 Å². The predicted octanol–water partition coefficient (Wildman–Crippen LogP) is 3.10. The van der Waals surface area contributed by atoms with E-state index >= 15 is 0 Å². The maximum absolute atomic E-state index is 11.8. The van der Waals surface area contributed by atoms with Gasteiger partial charge in [0, 0.05) is 5.02 Å². The van der Waals surface area contributed by atoms with Crippen LogP contribution < -0.4 is 11.1 Å². The van der Waals surface area contributed by atoms with E-state index < -0.39 is 0 Å². The van der Waals surface area contributed by atoms with Crippen molar-refractivity contribution < 1.29 is 4.79 Å². The molecule has 0 atom stereocenters. The van der Waals surface area contributed by atoms with E-state index in [9.17, 15) is 4.79 Å². The lowest BCUT2D eigenvalue weighted by Gasteiger charge is -2.07. The van der Waals surface area contributed by atoms with Crippen LogP contribution >= 0.6 is 11.6 Å². The lowest BCUT2D eigenvalue weighted by Crippen LogP contribution is -2.15. The molecule has 0 bridgehead atoms. The molecule has 0 fully saturated rings. The Morgan fingerprint density at radius 1 is 1.11 bits per heavy atom. The lowest BCUT2D eigenvalue weighted by atomic mass is 10.1. The van der Waals surface area contributed by atoms with Crippen molar-refractivity contribution >= 4 is 28.9 Å². The van der Waals surface area contributed by atoms with Gasteiger partial charge < -0.3 is 11.1 Å². The first-order valence-corrected chi connectivity index (χ1v) is 5.92. The highest BCUT2D eigenvalue weighted by molar-refractivity contribution is 6.30. The van der Waals surface area contributed by atoms with E-state index in [4.69, 9.17) is 17.3 Å². The molecule has 0 aromatic heterocycles. The van der Waals surface area contributed by atoms with Crippen LogP contribution in [-0.2, 0) is 11.2 Å². The van der Waals surface area contributed by atoms with E-state index in [0.717, 1.165) is 5.56 Å². The number of amides is 1. The molecule has 1 amide bonds. The third kappa shape index (κ3) is 3.25. The summed E-state index contributed by atoms with van der Waals surface area (Å²) in [5.41, 5.74) is 7.85. The zero-order valence-corrected chi connectivity index (χ0v) is 10.4. The molecule has 2 aromatic carbocycles. The SMILES string of the molecule is Nc1ccccc1NC(=O)Cc1ccc(Cl)cc1. The number of rotatable bonds is 3. The number of benzene rings is 2. The number of nitrogen functional groups attached to an aromatic ring is 1. The number of hydrogen-bond donors (Lipinski definition) is 2. The minimum atomic E-state index is -0.102. The first kappa shape index (κ1) is 12.5. The average Bonchev–Trinajstić information content (AvgIpc) is 2.35. The van der Waals surface area contributed by atoms with E-state index in [-0.39, 0.29) is 5.91 Å². The summed E-state index contributed by atoms with van der Waals surface area (Å²) in [6, 6.07) is 14.4. The topological polar surface area (TPSA) is 55.1 Å². The van der Waals surface area contributed by atoms with Gasteiger partial charge in [-0.3, -0.25) is 4.79 Å². The van der Waals surface area contributed by atoms with Crippen LogP contribution in [0, 0.1) is 0 Å². The van der Waals surface area contributed by atoms with Gasteiger partial charge in [0.25, 0.3) is 0 Å². The van der Waals surface area contributed by atoms with Gasteiger partial charge in [0.2, 0.25) is 5.91 Å². The molecule has 0 aliphatic carbocycles. The fourth-order valence-electron chi connectivity index (χ4n) is 1.59. The monoisotopic (exact) mass is 260 g/mol. The zero-order chi connectivity index (χ0) is 13.0. The summed E-state index contributed by atoms with van der Waals surface area (Å²) in [5.74, 6) is -0.102. The molecule has 3 nitrogen and oxygen atoms in total. The van der Waals surface area contributed by atoms with E-state index in [1.54, 1.807) is 24.3 Å². The first-order valence-electron chi connectivity index (χ1n) is 5.54. The molecule has 92 valence electrons. The molecule has 2 aromatic rings. The maximum Gasteiger partial charge on any atom is 0.228 e. The molecule has 0 aliphatic heterocycles. The highest BCUT2D eigenvalue weighted by Gasteiger charge is 2.05. The van der Waals surface area contributed by atoms with Gasteiger partial charge in [0.1, 0.15) is 0 Å². The third-order valence-electron chi connectivity index (χ3n) is 2.51. The Bertz CT molecular complexity index is 552. The number of nitrogens with one attached hydrogen (secondary N) is 1. The second-order valence-electron chi connectivity index (χ2n) is 3.94. The van der Waals surface area contributed by atoms with Crippen molar-refractivity contribution in [3.63, 3.8) is 0 Å².